The van der Waals surface area contributed by atoms with Gasteiger partial charge in [0.15, 0.2) is 0 Å². The molecule has 3 aliphatic rings. The predicted molar refractivity (Wildman–Crippen MR) is 173 cm³/mol. The molecule has 2 aliphatic heterocycles. The highest BCUT2D eigenvalue weighted by molar-refractivity contribution is 5.89. The van der Waals surface area contributed by atoms with E-state index in [9.17, 15) is 18.0 Å². The van der Waals surface area contributed by atoms with Crippen LogP contribution in [0, 0.1) is 18.8 Å². The summed E-state index contributed by atoms with van der Waals surface area (Å²) < 4.78 is 40.0. The molecule has 1 saturated heterocycles. The van der Waals surface area contributed by atoms with Gasteiger partial charge in [-0.25, -0.2) is 0 Å². The van der Waals surface area contributed by atoms with Gasteiger partial charge in [-0.2, -0.15) is 23.4 Å². The number of rotatable bonds is 6. The van der Waals surface area contributed by atoms with E-state index < -0.39 is 17.7 Å². The zero-order valence-electron chi connectivity index (χ0n) is 27.3. The van der Waals surface area contributed by atoms with Gasteiger partial charge in [-0.15, -0.1) is 0 Å². The van der Waals surface area contributed by atoms with Crippen LogP contribution in [0.25, 0.3) is 0 Å². The fraction of sp³-hybridized carbons (Fsp3) is 0.571. The van der Waals surface area contributed by atoms with E-state index in [1.54, 1.807) is 6.21 Å². The molecule has 4 rings (SSSR count). The number of likely N-dealkylation sites (tertiary alicyclic amines) is 1. The van der Waals surface area contributed by atoms with Crippen molar-refractivity contribution in [2.24, 2.45) is 22.0 Å². The molecular formula is C35H51F3N4O. The third-order valence-electron chi connectivity index (χ3n) is 8.03. The maximum absolute atomic E-state index is 13.3. The molecule has 1 aromatic rings. The highest BCUT2D eigenvalue weighted by Gasteiger charge is 2.40. The number of aryl methyl sites for hydroxylation is 1. The molecule has 0 radical (unpaired) electrons. The summed E-state index contributed by atoms with van der Waals surface area (Å²) >= 11 is 0. The van der Waals surface area contributed by atoms with E-state index in [-0.39, 0.29) is 5.70 Å². The van der Waals surface area contributed by atoms with Gasteiger partial charge in [0.1, 0.15) is 0 Å². The average Bonchev–Trinajstić information content (AvgIpc) is 2.94. The van der Waals surface area contributed by atoms with Gasteiger partial charge in [-0.05, 0) is 89.0 Å². The summed E-state index contributed by atoms with van der Waals surface area (Å²) in [4.78, 5) is 15.0. The van der Waals surface area contributed by atoms with Gasteiger partial charge in [-0.1, -0.05) is 63.1 Å². The summed E-state index contributed by atoms with van der Waals surface area (Å²) in [5, 5.41) is 8.38. The van der Waals surface area contributed by atoms with Crippen molar-refractivity contribution in [3.8, 4) is 0 Å². The molecule has 0 aromatic heterocycles. The molecule has 0 spiro atoms. The number of halogens is 3. The molecule has 5 nitrogen and oxygen atoms in total. The smallest absolute Gasteiger partial charge is 0.299 e. The fourth-order valence-electron chi connectivity index (χ4n) is 5.92. The summed E-state index contributed by atoms with van der Waals surface area (Å²) in [5.41, 5.74) is 3.53. The van der Waals surface area contributed by atoms with Gasteiger partial charge in [-0.3, -0.25) is 14.6 Å². The van der Waals surface area contributed by atoms with Crippen LogP contribution in [0.1, 0.15) is 97.6 Å². The van der Waals surface area contributed by atoms with Gasteiger partial charge in [0.05, 0.1) is 11.3 Å². The number of alkyl halides is 3. The van der Waals surface area contributed by atoms with Gasteiger partial charge in [0.25, 0.3) is 0 Å². The van der Waals surface area contributed by atoms with Crippen LogP contribution in [0.15, 0.2) is 69.7 Å². The van der Waals surface area contributed by atoms with Crippen LogP contribution < -0.4 is 0 Å². The van der Waals surface area contributed by atoms with Crippen molar-refractivity contribution in [1.82, 2.24) is 9.80 Å². The molecule has 2 fully saturated rings. The van der Waals surface area contributed by atoms with E-state index in [4.69, 9.17) is 0 Å². The van der Waals surface area contributed by atoms with Crippen molar-refractivity contribution in [2.45, 2.75) is 99.6 Å². The van der Waals surface area contributed by atoms with Crippen LogP contribution in [0.4, 0.5) is 13.2 Å². The minimum Gasteiger partial charge on any atom is -0.299 e. The first-order valence-corrected chi connectivity index (χ1v) is 15.7. The molecule has 1 aromatic carbocycles. The number of carbonyl (C=O) groups is 1. The summed E-state index contributed by atoms with van der Waals surface area (Å²) in [7, 11) is 0. The highest BCUT2D eigenvalue weighted by atomic mass is 19.4. The van der Waals surface area contributed by atoms with Crippen molar-refractivity contribution in [1.29, 1.82) is 0 Å². The zero-order chi connectivity index (χ0) is 32.2. The Hall–Kier alpha value is -3.00. The van der Waals surface area contributed by atoms with Gasteiger partial charge in [0, 0.05) is 44.1 Å². The Morgan fingerprint density at radius 2 is 1.81 bits per heavy atom. The maximum atomic E-state index is 13.3. The second-order valence-corrected chi connectivity index (χ2v) is 11.5. The van der Waals surface area contributed by atoms with E-state index in [1.165, 1.54) is 62.6 Å². The lowest BCUT2D eigenvalue weighted by Crippen LogP contribution is -2.37. The quantitative estimate of drug-likeness (QED) is 0.241. The topological polar surface area (TPSA) is 48.3 Å². The Kier molecular flexibility index (Phi) is 14.6. The molecule has 238 valence electrons. The number of nitrogens with zero attached hydrogens (tertiary/aromatic N) is 4. The first-order chi connectivity index (χ1) is 20.4. The summed E-state index contributed by atoms with van der Waals surface area (Å²) in [6.07, 6.45) is 7.52. The molecule has 1 amide bonds. The number of benzene rings is 1. The summed E-state index contributed by atoms with van der Waals surface area (Å²) in [6.45, 7) is 17.3. The Morgan fingerprint density at radius 1 is 1.12 bits per heavy atom. The number of carbonyl (C=O) groups excluding carboxylic acids is 1. The molecule has 0 bridgehead atoms. The highest BCUT2D eigenvalue weighted by Crippen LogP contribution is 2.40. The predicted octanol–water partition coefficient (Wildman–Crippen LogP) is 9.23. The summed E-state index contributed by atoms with van der Waals surface area (Å²) in [5.74, 6) is 1.33. The Balaban J connectivity index is 0.000000291. The Morgan fingerprint density at radius 3 is 2.33 bits per heavy atom. The van der Waals surface area contributed by atoms with Gasteiger partial charge in [0.2, 0.25) is 5.91 Å². The third-order valence-corrected chi connectivity index (χ3v) is 8.03. The average molecular weight is 601 g/mol. The fourth-order valence-corrected chi connectivity index (χ4v) is 5.92. The van der Waals surface area contributed by atoms with Crippen LogP contribution in [0.5, 0.6) is 0 Å². The Labute approximate surface area is 257 Å². The second-order valence-electron chi connectivity index (χ2n) is 11.5. The molecular weight excluding hydrogens is 549 g/mol. The minimum absolute atomic E-state index is 0.0965. The van der Waals surface area contributed by atoms with Gasteiger partial charge < -0.3 is 0 Å². The van der Waals surface area contributed by atoms with Gasteiger partial charge >= 0.3 is 6.18 Å². The molecule has 2 heterocycles. The van der Waals surface area contributed by atoms with Crippen molar-refractivity contribution >= 4 is 17.8 Å². The largest absolute Gasteiger partial charge is 0.418 e. The second kappa shape index (κ2) is 17.3. The van der Waals surface area contributed by atoms with E-state index in [1.807, 2.05) is 20.8 Å². The number of piperidine rings is 1. The normalized spacial score (nSPS) is 21.7. The lowest BCUT2D eigenvalue weighted by atomic mass is 9.71. The van der Waals surface area contributed by atoms with E-state index >= 15 is 0 Å². The molecule has 0 N–H and O–H groups in total. The van der Waals surface area contributed by atoms with E-state index in [2.05, 4.69) is 60.1 Å². The minimum atomic E-state index is -4.48. The van der Waals surface area contributed by atoms with Crippen molar-refractivity contribution < 1.29 is 18.0 Å². The van der Waals surface area contributed by atoms with Crippen LogP contribution in [-0.2, 0) is 4.79 Å². The number of hydrogen-bond acceptors (Lipinski definition) is 4. The number of hydrogen-bond donors (Lipinski definition) is 0. The van der Waals surface area contributed by atoms with Crippen LogP contribution in [0.2, 0.25) is 0 Å². The monoisotopic (exact) mass is 600 g/mol. The number of allylic oxidation sites excluding steroid dienone is 2. The standard InChI is InChI=1S/C17H23F3N2O.C16H22N2.C2H6/c1-4-16-15(17(18,19)20)8-14(11-22(16)13(3)23)10-21-7-5-6-12(2)9-21;1-4-17-18-13(3)16(14-8-6-9-14)15-10-5-7-12(2)11-15;1-2/h4,8,11-12H,5-7,9-10H2,1-3H3;4-5,7,10-11,14,16H,6,8-9H2,1-3H3;1-2H3/b16-4-;17-4-,18-13+;/t12-;;/m0../s1. The summed E-state index contributed by atoms with van der Waals surface area (Å²) in [6, 6.07) is 8.81. The van der Waals surface area contributed by atoms with Crippen molar-refractivity contribution in [2.75, 3.05) is 19.6 Å². The van der Waals surface area contributed by atoms with Crippen molar-refractivity contribution in [3.63, 3.8) is 0 Å². The molecule has 43 heavy (non-hydrogen) atoms. The first kappa shape index (κ1) is 36.2. The molecule has 1 saturated carbocycles. The lowest BCUT2D eigenvalue weighted by molar-refractivity contribution is -0.125. The van der Waals surface area contributed by atoms with Crippen LogP contribution >= 0.6 is 0 Å². The zero-order valence-corrected chi connectivity index (χ0v) is 27.3. The Bertz CT molecular complexity index is 1210. The van der Waals surface area contributed by atoms with Crippen molar-refractivity contribution in [3.05, 3.63) is 70.6 Å². The molecule has 1 aliphatic carbocycles. The van der Waals surface area contributed by atoms with E-state index in [0.29, 0.717) is 24.0 Å². The van der Waals surface area contributed by atoms with E-state index in [0.717, 1.165) is 42.5 Å². The maximum Gasteiger partial charge on any atom is 0.418 e. The molecule has 8 heteroatoms. The number of amides is 1. The van der Waals surface area contributed by atoms with Crippen LogP contribution in [0.3, 0.4) is 0 Å². The first-order valence-electron chi connectivity index (χ1n) is 15.7. The third kappa shape index (κ3) is 10.6. The SMILES string of the molecule is C/C=C1/C(C(F)(F)F)=CC(CN2CCC[C@H](C)C2)=CN1C(C)=O.C/C=N\N=C(/C)C(c1cccc(C)c1)C1CCC1.CC. The van der Waals surface area contributed by atoms with Crippen LogP contribution in [-0.4, -0.2) is 53.4 Å². The lowest BCUT2D eigenvalue weighted by Gasteiger charge is -2.34. The molecule has 1 unspecified atom stereocenters. The molecule has 2 atom stereocenters.